The van der Waals surface area contributed by atoms with Gasteiger partial charge in [0.15, 0.2) is 0 Å². The van der Waals surface area contributed by atoms with Gasteiger partial charge in [0.05, 0.1) is 17.2 Å². The van der Waals surface area contributed by atoms with Gasteiger partial charge in [0, 0.05) is 12.2 Å². The van der Waals surface area contributed by atoms with Crippen LogP contribution in [0, 0.1) is 0 Å². The summed E-state index contributed by atoms with van der Waals surface area (Å²) >= 11 is 0. The Morgan fingerprint density at radius 3 is 2.63 bits per heavy atom. The number of nitrogen functional groups attached to an aromatic ring is 1. The van der Waals surface area contributed by atoms with E-state index in [4.69, 9.17) is 5.73 Å². The van der Waals surface area contributed by atoms with Crippen LogP contribution in [0.5, 0.6) is 0 Å². The highest BCUT2D eigenvalue weighted by molar-refractivity contribution is 5.99. The zero-order valence-corrected chi connectivity index (χ0v) is 10.3. The minimum absolute atomic E-state index is 0.0367. The number of benzene rings is 1. The quantitative estimate of drug-likeness (QED) is 0.734. The summed E-state index contributed by atoms with van der Waals surface area (Å²) in [5.74, 6) is -0.740. The van der Waals surface area contributed by atoms with Crippen molar-refractivity contribution in [2.75, 3.05) is 12.3 Å². The molecule has 4 N–H and O–H groups in total. The molecular weight excluding hydrogens is 261 g/mol. The molecule has 0 aliphatic rings. The van der Waals surface area contributed by atoms with E-state index in [-0.39, 0.29) is 17.8 Å². The van der Waals surface area contributed by atoms with Gasteiger partial charge >= 0.3 is 6.18 Å². The van der Waals surface area contributed by atoms with E-state index >= 15 is 0 Å². The van der Waals surface area contributed by atoms with Crippen molar-refractivity contribution in [3.8, 4) is 0 Å². The van der Waals surface area contributed by atoms with Gasteiger partial charge in [-0.1, -0.05) is 6.92 Å². The third kappa shape index (κ3) is 4.13. The number of rotatable bonds is 4. The summed E-state index contributed by atoms with van der Waals surface area (Å²) in [4.78, 5) is 11.7. The predicted octanol–water partition coefficient (Wildman–Crippen LogP) is 1.79. The second-order valence-electron chi connectivity index (χ2n) is 4.07. The van der Waals surface area contributed by atoms with Crippen LogP contribution in [0.3, 0.4) is 0 Å². The molecule has 0 aromatic heterocycles. The van der Waals surface area contributed by atoms with Crippen molar-refractivity contribution in [3.05, 3.63) is 29.3 Å². The Bertz CT molecular complexity index is 461. The molecule has 0 heterocycles. The number of hydrogen-bond acceptors (Lipinski definition) is 3. The average Bonchev–Trinajstić information content (AvgIpc) is 2.34. The van der Waals surface area contributed by atoms with Crippen molar-refractivity contribution >= 4 is 11.6 Å². The average molecular weight is 276 g/mol. The minimum Gasteiger partial charge on any atom is -0.398 e. The molecule has 0 saturated carbocycles. The van der Waals surface area contributed by atoms with Crippen LogP contribution < -0.4 is 11.1 Å². The van der Waals surface area contributed by atoms with E-state index in [1.54, 1.807) is 6.92 Å². The number of alkyl halides is 3. The highest BCUT2D eigenvalue weighted by atomic mass is 19.4. The number of carbonyl (C=O) groups is 1. The van der Waals surface area contributed by atoms with E-state index in [0.717, 1.165) is 12.1 Å². The lowest BCUT2D eigenvalue weighted by molar-refractivity contribution is -0.137. The largest absolute Gasteiger partial charge is 0.416 e. The van der Waals surface area contributed by atoms with Crippen molar-refractivity contribution in [2.24, 2.45) is 0 Å². The normalized spacial score (nSPS) is 13.1. The number of hydrogen-bond donors (Lipinski definition) is 3. The van der Waals surface area contributed by atoms with Gasteiger partial charge in [0.1, 0.15) is 0 Å². The van der Waals surface area contributed by atoms with Gasteiger partial charge in [-0.2, -0.15) is 13.2 Å². The maximum absolute atomic E-state index is 12.5. The van der Waals surface area contributed by atoms with Crippen molar-refractivity contribution in [1.82, 2.24) is 5.32 Å². The minimum atomic E-state index is -4.54. The monoisotopic (exact) mass is 276 g/mol. The zero-order chi connectivity index (χ0) is 14.6. The molecule has 1 rings (SSSR count). The van der Waals surface area contributed by atoms with Gasteiger partial charge in [0.2, 0.25) is 0 Å². The molecule has 1 unspecified atom stereocenters. The summed E-state index contributed by atoms with van der Waals surface area (Å²) in [6, 6.07) is 2.55. The standard InChI is InChI=1S/C12H15F3N2O2/c1-2-8(18)6-17-11(19)9-5-7(12(13,14)15)3-4-10(9)16/h3-5,8,18H,2,6,16H2,1H3,(H,17,19). The molecule has 19 heavy (non-hydrogen) atoms. The Kier molecular flexibility index (Phi) is 4.77. The lowest BCUT2D eigenvalue weighted by Crippen LogP contribution is -2.32. The van der Waals surface area contributed by atoms with Crippen LogP contribution in [-0.4, -0.2) is 23.7 Å². The second kappa shape index (κ2) is 5.92. The van der Waals surface area contributed by atoms with Crippen molar-refractivity contribution in [2.45, 2.75) is 25.6 Å². The van der Waals surface area contributed by atoms with Crippen LogP contribution in [0.2, 0.25) is 0 Å². The summed E-state index contributed by atoms with van der Waals surface area (Å²) < 4.78 is 37.6. The maximum atomic E-state index is 12.5. The van der Waals surface area contributed by atoms with Crippen molar-refractivity contribution in [1.29, 1.82) is 0 Å². The Balaban J connectivity index is 2.90. The molecule has 0 aliphatic heterocycles. The molecule has 1 aromatic carbocycles. The first-order valence-corrected chi connectivity index (χ1v) is 5.68. The first kappa shape index (κ1) is 15.3. The molecule has 7 heteroatoms. The summed E-state index contributed by atoms with van der Waals surface area (Å²) in [5, 5.41) is 11.6. The Morgan fingerprint density at radius 1 is 1.47 bits per heavy atom. The van der Waals surface area contributed by atoms with E-state index < -0.39 is 23.8 Å². The Labute approximate surface area is 108 Å². The van der Waals surface area contributed by atoms with E-state index in [9.17, 15) is 23.1 Å². The molecule has 4 nitrogen and oxygen atoms in total. The summed E-state index contributed by atoms with van der Waals surface area (Å²) in [5.41, 5.74) is 4.24. The molecule has 1 atom stereocenters. The number of aliphatic hydroxyl groups is 1. The van der Waals surface area contributed by atoms with Gasteiger partial charge in [-0.15, -0.1) is 0 Å². The number of anilines is 1. The number of amides is 1. The second-order valence-corrected chi connectivity index (χ2v) is 4.07. The molecule has 0 bridgehead atoms. The predicted molar refractivity (Wildman–Crippen MR) is 64.5 cm³/mol. The van der Waals surface area contributed by atoms with Gasteiger partial charge in [0.25, 0.3) is 5.91 Å². The van der Waals surface area contributed by atoms with E-state index in [2.05, 4.69) is 5.32 Å². The third-order valence-electron chi connectivity index (χ3n) is 2.59. The molecule has 0 radical (unpaired) electrons. The van der Waals surface area contributed by atoms with Crippen molar-refractivity contribution in [3.63, 3.8) is 0 Å². The molecule has 0 aliphatic carbocycles. The van der Waals surface area contributed by atoms with Crippen molar-refractivity contribution < 1.29 is 23.1 Å². The van der Waals surface area contributed by atoms with Gasteiger partial charge in [-0.25, -0.2) is 0 Å². The fourth-order valence-corrected chi connectivity index (χ4v) is 1.38. The molecule has 106 valence electrons. The molecule has 1 aromatic rings. The highest BCUT2D eigenvalue weighted by Crippen LogP contribution is 2.31. The first-order valence-electron chi connectivity index (χ1n) is 5.68. The lowest BCUT2D eigenvalue weighted by Gasteiger charge is -2.13. The van der Waals surface area contributed by atoms with Gasteiger partial charge < -0.3 is 16.2 Å². The SMILES string of the molecule is CCC(O)CNC(=O)c1cc(C(F)(F)F)ccc1N. The van der Waals surface area contributed by atoms with Gasteiger partial charge in [-0.3, -0.25) is 4.79 Å². The summed E-state index contributed by atoms with van der Waals surface area (Å²) in [6.07, 6.45) is -4.85. The van der Waals surface area contributed by atoms with Crippen LogP contribution in [0.4, 0.5) is 18.9 Å². The summed E-state index contributed by atoms with van der Waals surface area (Å²) in [6.45, 7) is 1.68. The molecule has 0 saturated heterocycles. The molecule has 1 amide bonds. The number of aliphatic hydroxyl groups excluding tert-OH is 1. The third-order valence-corrected chi connectivity index (χ3v) is 2.59. The highest BCUT2D eigenvalue weighted by Gasteiger charge is 2.31. The lowest BCUT2D eigenvalue weighted by atomic mass is 10.1. The van der Waals surface area contributed by atoms with Gasteiger partial charge in [-0.05, 0) is 24.6 Å². The number of nitrogens with one attached hydrogen (secondary N) is 1. The zero-order valence-electron chi connectivity index (χ0n) is 10.3. The molecular formula is C12H15F3N2O2. The molecule has 0 fully saturated rings. The molecule has 0 spiro atoms. The number of nitrogens with two attached hydrogens (primary N) is 1. The number of carbonyl (C=O) groups excluding carboxylic acids is 1. The van der Waals surface area contributed by atoms with Crippen LogP contribution in [0.25, 0.3) is 0 Å². The number of halogens is 3. The fraction of sp³-hybridized carbons (Fsp3) is 0.417. The Morgan fingerprint density at radius 2 is 2.11 bits per heavy atom. The van der Waals surface area contributed by atoms with Crippen LogP contribution >= 0.6 is 0 Å². The fourth-order valence-electron chi connectivity index (χ4n) is 1.38. The van der Waals surface area contributed by atoms with E-state index in [1.807, 2.05) is 0 Å². The first-order chi connectivity index (χ1) is 8.75. The van der Waals surface area contributed by atoms with E-state index in [0.29, 0.717) is 12.5 Å². The topological polar surface area (TPSA) is 75.3 Å². The Hall–Kier alpha value is -1.76. The maximum Gasteiger partial charge on any atom is 0.416 e. The van der Waals surface area contributed by atoms with E-state index in [1.165, 1.54) is 0 Å². The van der Waals surface area contributed by atoms with Crippen LogP contribution in [0.1, 0.15) is 29.3 Å². The van der Waals surface area contributed by atoms with Crippen LogP contribution in [-0.2, 0) is 6.18 Å². The van der Waals surface area contributed by atoms with Crippen LogP contribution in [0.15, 0.2) is 18.2 Å². The summed E-state index contributed by atoms with van der Waals surface area (Å²) in [7, 11) is 0. The smallest absolute Gasteiger partial charge is 0.398 e.